The first-order chi connectivity index (χ1) is 8.99. The van der Waals surface area contributed by atoms with E-state index in [9.17, 15) is 4.79 Å². The highest BCUT2D eigenvalue weighted by molar-refractivity contribution is 5.83. The van der Waals surface area contributed by atoms with Gasteiger partial charge in [-0.2, -0.15) is 0 Å². The van der Waals surface area contributed by atoms with Crippen LogP contribution in [0, 0.1) is 11.8 Å². The zero-order valence-electron chi connectivity index (χ0n) is 12.1. The molecule has 0 radical (unpaired) electrons. The Morgan fingerprint density at radius 3 is 2.74 bits per heavy atom. The van der Waals surface area contributed by atoms with Crippen molar-refractivity contribution in [2.75, 3.05) is 18.8 Å². The monoisotopic (exact) mass is 260 g/mol. The SMILES string of the molecule is CC(C(=O)N1CCC(C)C(C)C1)c1cccc(N)c1. The number of likely N-dealkylation sites (tertiary alicyclic amines) is 1. The summed E-state index contributed by atoms with van der Waals surface area (Å²) < 4.78 is 0. The van der Waals surface area contributed by atoms with E-state index in [-0.39, 0.29) is 11.8 Å². The smallest absolute Gasteiger partial charge is 0.229 e. The van der Waals surface area contributed by atoms with Crippen LogP contribution in [0.3, 0.4) is 0 Å². The van der Waals surface area contributed by atoms with Gasteiger partial charge >= 0.3 is 0 Å². The molecule has 3 heteroatoms. The topological polar surface area (TPSA) is 46.3 Å². The van der Waals surface area contributed by atoms with Gasteiger partial charge in [0.1, 0.15) is 0 Å². The second kappa shape index (κ2) is 5.64. The predicted molar refractivity (Wildman–Crippen MR) is 78.8 cm³/mol. The van der Waals surface area contributed by atoms with Crippen molar-refractivity contribution >= 4 is 11.6 Å². The summed E-state index contributed by atoms with van der Waals surface area (Å²) in [5, 5.41) is 0. The number of carbonyl (C=O) groups is 1. The van der Waals surface area contributed by atoms with E-state index in [1.54, 1.807) is 0 Å². The molecule has 1 fully saturated rings. The minimum Gasteiger partial charge on any atom is -0.399 e. The molecular weight excluding hydrogens is 236 g/mol. The highest BCUT2D eigenvalue weighted by atomic mass is 16.2. The number of carbonyl (C=O) groups excluding carboxylic acids is 1. The second-order valence-corrected chi connectivity index (χ2v) is 5.92. The summed E-state index contributed by atoms with van der Waals surface area (Å²) in [5.41, 5.74) is 7.52. The first-order valence-corrected chi connectivity index (χ1v) is 7.13. The van der Waals surface area contributed by atoms with Crippen LogP contribution in [0.1, 0.15) is 38.7 Å². The molecule has 1 saturated heterocycles. The summed E-state index contributed by atoms with van der Waals surface area (Å²) in [6.45, 7) is 8.24. The summed E-state index contributed by atoms with van der Waals surface area (Å²) in [6, 6.07) is 7.65. The number of hydrogen-bond donors (Lipinski definition) is 1. The zero-order valence-corrected chi connectivity index (χ0v) is 12.1. The maximum absolute atomic E-state index is 12.5. The third kappa shape index (κ3) is 3.09. The summed E-state index contributed by atoms with van der Waals surface area (Å²) in [6.07, 6.45) is 1.11. The standard InChI is InChI=1S/C16H24N2O/c1-11-7-8-18(10-12(11)2)16(19)13(3)14-5-4-6-15(17)9-14/h4-6,9,11-13H,7-8,10,17H2,1-3H3. The molecule has 0 spiro atoms. The van der Waals surface area contributed by atoms with Crippen molar-refractivity contribution in [1.82, 2.24) is 4.90 Å². The summed E-state index contributed by atoms with van der Waals surface area (Å²) in [7, 11) is 0. The number of anilines is 1. The molecule has 2 N–H and O–H groups in total. The molecule has 1 aliphatic heterocycles. The molecule has 2 rings (SSSR count). The van der Waals surface area contributed by atoms with E-state index in [0.29, 0.717) is 11.8 Å². The van der Waals surface area contributed by atoms with Crippen molar-refractivity contribution < 1.29 is 4.79 Å². The molecule has 104 valence electrons. The van der Waals surface area contributed by atoms with Gasteiger partial charge in [-0.15, -0.1) is 0 Å². The van der Waals surface area contributed by atoms with Crippen LogP contribution < -0.4 is 5.73 Å². The van der Waals surface area contributed by atoms with Crippen molar-refractivity contribution in [1.29, 1.82) is 0 Å². The minimum absolute atomic E-state index is 0.107. The predicted octanol–water partition coefficient (Wildman–Crippen LogP) is 2.88. The van der Waals surface area contributed by atoms with Crippen LogP contribution in [0.4, 0.5) is 5.69 Å². The van der Waals surface area contributed by atoms with Gasteiger partial charge in [-0.3, -0.25) is 4.79 Å². The number of nitrogen functional groups attached to an aromatic ring is 1. The molecule has 1 aromatic rings. The molecule has 3 atom stereocenters. The number of nitrogens with two attached hydrogens (primary N) is 1. The van der Waals surface area contributed by atoms with Crippen LogP contribution in [0.15, 0.2) is 24.3 Å². The molecule has 1 amide bonds. The Hall–Kier alpha value is -1.51. The van der Waals surface area contributed by atoms with Crippen LogP contribution in [0.5, 0.6) is 0 Å². The average Bonchev–Trinajstić information content (AvgIpc) is 2.40. The summed E-state index contributed by atoms with van der Waals surface area (Å²) in [4.78, 5) is 14.6. The highest BCUT2D eigenvalue weighted by Crippen LogP contribution is 2.26. The quantitative estimate of drug-likeness (QED) is 0.831. The van der Waals surface area contributed by atoms with Gasteiger partial charge in [0.05, 0.1) is 5.92 Å². The number of piperidine rings is 1. The van der Waals surface area contributed by atoms with Crippen molar-refractivity contribution in [2.45, 2.75) is 33.1 Å². The van der Waals surface area contributed by atoms with Gasteiger partial charge in [0, 0.05) is 18.8 Å². The van der Waals surface area contributed by atoms with E-state index >= 15 is 0 Å². The van der Waals surface area contributed by atoms with Gasteiger partial charge in [-0.1, -0.05) is 26.0 Å². The molecule has 1 heterocycles. The lowest BCUT2D eigenvalue weighted by atomic mass is 9.87. The van der Waals surface area contributed by atoms with Crippen LogP contribution in [-0.4, -0.2) is 23.9 Å². The largest absolute Gasteiger partial charge is 0.399 e. The lowest BCUT2D eigenvalue weighted by molar-refractivity contribution is -0.134. The first-order valence-electron chi connectivity index (χ1n) is 7.13. The Morgan fingerprint density at radius 2 is 2.11 bits per heavy atom. The van der Waals surface area contributed by atoms with Gasteiger partial charge in [-0.25, -0.2) is 0 Å². The Labute approximate surface area is 115 Å². The maximum Gasteiger partial charge on any atom is 0.229 e. The molecule has 19 heavy (non-hydrogen) atoms. The Balaban J connectivity index is 2.07. The van der Waals surface area contributed by atoms with Gasteiger partial charge in [-0.05, 0) is 42.9 Å². The van der Waals surface area contributed by atoms with Crippen LogP contribution in [-0.2, 0) is 4.79 Å². The molecule has 3 unspecified atom stereocenters. The maximum atomic E-state index is 12.5. The van der Waals surface area contributed by atoms with Crippen molar-refractivity contribution in [3.8, 4) is 0 Å². The van der Waals surface area contributed by atoms with E-state index in [0.717, 1.165) is 30.8 Å². The van der Waals surface area contributed by atoms with E-state index in [2.05, 4.69) is 13.8 Å². The molecule has 0 saturated carbocycles. The number of amides is 1. The summed E-state index contributed by atoms with van der Waals surface area (Å²) in [5.74, 6) is 1.42. The second-order valence-electron chi connectivity index (χ2n) is 5.92. The van der Waals surface area contributed by atoms with Gasteiger partial charge in [0.2, 0.25) is 5.91 Å². The average molecular weight is 260 g/mol. The Morgan fingerprint density at radius 1 is 1.37 bits per heavy atom. The van der Waals surface area contributed by atoms with Gasteiger partial charge in [0.15, 0.2) is 0 Å². The number of hydrogen-bond acceptors (Lipinski definition) is 2. The molecule has 3 nitrogen and oxygen atoms in total. The van der Waals surface area contributed by atoms with E-state index in [1.165, 1.54) is 0 Å². The number of nitrogens with zero attached hydrogens (tertiary/aromatic N) is 1. The Bertz CT molecular complexity index is 458. The van der Waals surface area contributed by atoms with E-state index in [1.807, 2.05) is 36.1 Å². The molecule has 1 aliphatic rings. The molecular formula is C16H24N2O. The van der Waals surface area contributed by atoms with Crippen molar-refractivity contribution in [3.05, 3.63) is 29.8 Å². The van der Waals surface area contributed by atoms with Crippen LogP contribution in [0.2, 0.25) is 0 Å². The molecule has 1 aromatic carbocycles. The normalized spacial score (nSPS) is 25.1. The fourth-order valence-electron chi connectivity index (χ4n) is 2.71. The molecule has 0 aliphatic carbocycles. The third-order valence-electron chi connectivity index (χ3n) is 4.43. The van der Waals surface area contributed by atoms with E-state index < -0.39 is 0 Å². The highest BCUT2D eigenvalue weighted by Gasteiger charge is 2.28. The molecule has 0 bridgehead atoms. The number of benzene rings is 1. The zero-order chi connectivity index (χ0) is 14.0. The Kier molecular flexibility index (Phi) is 4.13. The first kappa shape index (κ1) is 13.9. The van der Waals surface area contributed by atoms with Gasteiger partial charge in [0.25, 0.3) is 0 Å². The molecule has 0 aromatic heterocycles. The van der Waals surface area contributed by atoms with Crippen LogP contribution in [0.25, 0.3) is 0 Å². The third-order valence-corrected chi connectivity index (χ3v) is 4.43. The lowest BCUT2D eigenvalue weighted by Gasteiger charge is -2.36. The van der Waals surface area contributed by atoms with Gasteiger partial charge < -0.3 is 10.6 Å². The minimum atomic E-state index is -0.107. The van der Waals surface area contributed by atoms with Crippen molar-refractivity contribution in [2.24, 2.45) is 11.8 Å². The number of rotatable bonds is 2. The van der Waals surface area contributed by atoms with Crippen LogP contribution >= 0.6 is 0 Å². The fourth-order valence-corrected chi connectivity index (χ4v) is 2.71. The van der Waals surface area contributed by atoms with E-state index in [4.69, 9.17) is 5.73 Å². The fraction of sp³-hybridized carbons (Fsp3) is 0.562. The lowest BCUT2D eigenvalue weighted by Crippen LogP contribution is -2.43. The van der Waals surface area contributed by atoms with Crippen molar-refractivity contribution in [3.63, 3.8) is 0 Å². The summed E-state index contributed by atoms with van der Waals surface area (Å²) >= 11 is 0.